The molecule has 2 N–H and O–H groups in total. The molecular formula is C13H15N3O4S. The van der Waals surface area contributed by atoms with Crippen molar-refractivity contribution in [1.82, 2.24) is 15.5 Å². The van der Waals surface area contributed by atoms with Gasteiger partial charge in [0.05, 0.1) is 18.5 Å². The summed E-state index contributed by atoms with van der Waals surface area (Å²) in [4.78, 5) is 38.0. The van der Waals surface area contributed by atoms with Crippen molar-refractivity contribution < 1.29 is 19.1 Å². The molecule has 2 fully saturated rings. The maximum atomic E-state index is 12.5. The summed E-state index contributed by atoms with van der Waals surface area (Å²) in [5, 5.41) is 6.66. The van der Waals surface area contributed by atoms with Gasteiger partial charge >= 0.3 is 6.03 Å². The number of likely N-dealkylation sites (tertiary alicyclic amines) is 1. The highest BCUT2D eigenvalue weighted by atomic mass is 32.1. The standard InChI is InChI=1S/C13H15N3O4S/c1-20-8-5-9(21-6-8)10(17)16-4-2-3-13(7-16)11(18)14-12(19)15-13/h5-6H,2-4,7H2,1H3,(H2,14,15,18,19). The Labute approximate surface area is 125 Å². The van der Waals surface area contributed by atoms with Gasteiger partial charge in [0.15, 0.2) is 0 Å². The largest absolute Gasteiger partial charge is 0.496 e. The maximum absolute atomic E-state index is 12.5. The van der Waals surface area contributed by atoms with Crippen molar-refractivity contribution in [2.75, 3.05) is 20.2 Å². The lowest BCUT2D eigenvalue weighted by molar-refractivity contribution is -0.125. The maximum Gasteiger partial charge on any atom is 0.322 e. The van der Waals surface area contributed by atoms with Crippen LogP contribution in [0, 0.1) is 0 Å². The molecule has 0 radical (unpaired) electrons. The fraction of sp³-hybridized carbons (Fsp3) is 0.462. The molecule has 7 nitrogen and oxygen atoms in total. The van der Waals surface area contributed by atoms with E-state index in [4.69, 9.17) is 4.74 Å². The van der Waals surface area contributed by atoms with Gasteiger partial charge in [-0.1, -0.05) is 0 Å². The number of carbonyl (C=O) groups excluding carboxylic acids is 3. The molecule has 8 heteroatoms. The summed E-state index contributed by atoms with van der Waals surface area (Å²) in [7, 11) is 1.55. The van der Waals surface area contributed by atoms with Crippen LogP contribution in [0.1, 0.15) is 22.5 Å². The van der Waals surface area contributed by atoms with E-state index in [0.717, 1.165) is 0 Å². The van der Waals surface area contributed by atoms with Gasteiger partial charge in [-0.15, -0.1) is 11.3 Å². The molecule has 0 saturated carbocycles. The molecule has 1 spiro atoms. The number of piperidine rings is 1. The van der Waals surface area contributed by atoms with E-state index in [1.54, 1.807) is 23.5 Å². The van der Waals surface area contributed by atoms with Gasteiger partial charge in [-0.05, 0) is 12.8 Å². The van der Waals surface area contributed by atoms with Crippen LogP contribution in [-0.4, -0.2) is 48.5 Å². The zero-order valence-electron chi connectivity index (χ0n) is 11.5. The van der Waals surface area contributed by atoms with Crippen LogP contribution in [0.15, 0.2) is 11.4 Å². The van der Waals surface area contributed by atoms with E-state index in [9.17, 15) is 14.4 Å². The highest BCUT2D eigenvalue weighted by Crippen LogP contribution is 2.28. The van der Waals surface area contributed by atoms with E-state index < -0.39 is 11.6 Å². The third-order valence-electron chi connectivity index (χ3n) is 3.82. The van der Waals surface area contributed by atoms with Crippen molar-refractivity contribution in [3.05, 3.63) is 16.3 Å². The molecule has 1 atom stereocenters. The molecule has 1 aromatic heterocycles. The molecule has 0 bridgehead atoms. The monoisotopic (exact) mass is 309 g/mol. The molecule has 2 saturated heterocycles. The van der Waals surface area contributed by atoms with Gasteiger partial charge in [0.1, 0.15) is 11.3 Å². The van der Waals surface area contributed by atoms with Gasteiger partial charge in [0, 0.05) is 18.0 Å². The van der Waals surface area contributed by atoms with Crippen LogP contribution >= 0.6 is 11.3 Å². The van der Waals surface area contributed by atoms with E-state index in [1.165, 1.54) is 11.3 Å². The summed E-state index contributed by atoms with van der Waals surface area (Å²) < 4.78 is 5.08. The van der Waals surface area contributed by atoms with Gasteiger partial charge in [-0.2, -0.15) is 0 Å². The Morgan fingerprint density at radius 3 is 2.90 bits per heavy atom. The van der Waals surface area contributed by atoms with Gasteiger partial charge in [0.2, 0.25) is 0 Å². The number of carbonyl (C=O) groups is 3. The van der Waals surface area contributed by atoms with E-state index in [0.29, 0.717) is 30.0 Å². The number of rotatable bonds is 2. The highest BCUT2D eigenvalue weighted by molar-refractivity contribution is 7.12. The second kappa shape index (κ2) is 5.03. The number of methoxy groups -OCH3 is 1. The normalized spacial score (nSPS) is 24.9. The van der Waals surface area contributed by atoms with Crippen LogP contribution in [0.5, 0.6) is 5.75 Å². The summed E-state index contributed by atoms with van der Waals surface area (Å²) in [5.41, 5.74) is -0.980. The number of amides is 4. The van der Waals surface area contributed by atoms with Crippen molar-refractivity contribution in [1.29, 1.82) is 0 Å². The third kappa shape index (κ3) is 2.35. The SMILES string of the molecule is COc1csc(C(=O)N2CCCC3(C2)NC(=O)NC3=O)c1. The molecule has 112 valence electrons. The molecule has 1 aromatic rings. The van der Waals surface area contributed by atoms with Crippen molar-refractivity contribution in [3.8, 4) is 5.75 Å². The van der Waals surface area contributed by atoms with Crippen molar-refractivity contribution in [2.24, 2.45) is 0 Å². The summed E-state index contributed by atoms with van der Waals surface area (Å²) in [6, 6.07) is 1.19. The topological polar surface area (TPSA) is 87.7 Å². The van der Waals surface area contributed by atoms with Gasteiger partial charge in [-0.3, -0.25) is 14.9 Å². The second-order valence-corrected chi connectivity index (χ2v) is 6.08. The first kappa shape index (κ1) is 13.9. The molecule has 3 heterocycles. The van der Waals surface area contributed by atoms with Gasteiger partial charge in [-0.25, -0.2) is 4.79 Å². The molecule has 4 amide bonds. The average Bonchev–Trinajstić information content (AvgIpc) is 3.04. The minimum Gasteiger partial charge on any atom is -0.496 e. The van der Waals surface area contributed by atoms with E-state index in [1.807, 2.05) is 0 Å². The number of hydrogen-bond acceptors (Lipinski definition) is 5. The molecule has 21 heavy (non-hydrogen) atoms. The van der Waals surface area contributed by atoms with E-state index in [2.05, 4.69) is 10.6 Å². The Morgan fingerprint density at radius 2 is 2.29 bits per heavy atom. The first-order valence-electron chi connectivity index (χ1n) is 6.59. The molecule has 1 unspecified atom stereocenters. The number of hydrogen-bond donors (Lipinski definition) is 2. The number of ether oxygens (including phenoxy) is 1. The van der Waals surface area contributed by atoms with Crippen molar-refractivity contribution in [3.63, 3.8) is 0 Å². The Kier molecular flexibility index (Phi) is 3.32. The van der Waals surface area contributed by atoms with E-state index >= 15 is 0 Å². The molecular weight excluding hydrogens is 294 g/mol. The summed E-state index contributed by atoms with van der Waals surface area (Å²) >= 11 is 1.30. The smallest absolute Gasteiger partial charge is 0.322 e. The number of thiophene rings is 1. The number of urea groups is 1. The molecule has 0 aliphatic carbocycles. The molecule has 3 rings (SSSR count). The Hall–Kier alpha value is -2.09. The first-order valence-corrected chi connectivity index (χ1v) is 7.47. The predicted molar refractivity (Wildman–Crippen MR) is 75.4 cm³/mol. The third-order valence-corrected chi connectivity index (χ3v) is 4.71. The summed E-state index contributed by atoms with van der Waals surface area (Å²) in [6.45, 7) is 0.771. The quantitative estimate of drug-likeness (QED) is 0.782. The Balaban J connectivity index is 1.78. The zero-order valence-corrected chi connectivity index (χ0v) is 12.3. The lowest BCUT2D eigenvalue weighted by Gasteiger charge is -2.37. The van der Waals surface area contributed by atoms with Crippen LogP contribution in [0.4, 0.5) is 4.79 Å². The number of nitrogens with one attached hydrogen (secondary N) is 2. The fourth-order valence-electron chi connectivity index (χ4n) is 2.74. The van der Waals surface area contributed by atoms with E-state index in [-0.39, 0.29) is 18.4 Å². The molecule has 2 aliphatic rings. The predicted octanol–water partition coefficient (Wildman–Crippen LogP) is 0.571. The van der Waals surface area contributed by atoms with Crippen LogP contribution < -0.4 is 15.4 Å². The first-order chi connectivity index (χ1) is 10.0. The zero-order chi connectivity index (χ0) is 15.0. The van der Waals surface area contributed by atoms with Crippen molar-refractivity contribution in [2.45, 2.75) is 18.4 Å². The number of nitrogens with zero attached hydrogens (tertiary/aromatic N) is 1. The second-order valence-electron chi connectivity index (χ2n) is 5.17. The minimum absolute atomic E-state index is 0.142. The minimum atomic E-state index is -0.980. The summed E-state index contributed by atoms with van der Waals surface area (Å²) in [5.74, 6) is 0.145. The van der Waals surface area contributed by atoms with Crippen LogP contribution in [-0.2, 0) is 4.79 Å². The average molecular weight is 309 g/mol. The summed E-state index contributed by atoms with van der Waals surface area (Å²) in [6.07, 6.45) is 1.21. The lowest BCUT2D eigenvalue weighted by Crippen LogP contribution is -2.59. The van der Waals surface area contributed by atoms with Crippen LogP contribution in [0.25, 0.3) is 0 Å². The Morgan fingerprint density at radius 1 is 1.48 bits per heavy atom. The fourth-order valence-corrected chi connectivity index (χ4v) is 3.56. The van der Waals surface area contributed by atoms with Gasteiger partial charge < -0.3 is 15.0 Å². The van der Waals surface area contributed by atoms with Crippen LogP contribution in [0.3, 0.4) is 0 Å². The molecule has 0 aromatic carbocycles. The number of imide groups is 1. The van der Waals surface area contributed by atoms with Gasteiger partial charge in [0.25, 0.3) is 11.8 Å². The highest BCUT2D eigenvalue weighted by Gasteiger charge is 2.49. The van der Waals surface area contributed by atoms with Crippen LogP contribution in [0.2, 0.25) is 0 Å². The lowest BCUT2D eigenvalue weighted by atomic mass is 9.89. The Bertz CT molecular complexity index is 614. The molecule has 2 aliphatic heterocycles. The van der Waals surface area contributed by atoms with Crippen molar-refractivity contribution >= 4 is 29.2 Å².